The van der Waals surface area contributed by atoms with Gasteiger partial charge >= 0.3 is 0 Å². The van der Waals surface area contributed by atoms with Crippen molar-refractivity contribution < 1.29 is 9.50 Å². The lowest BCUT2D eigenvalue weighted by molar-refractivity contribution is 0.139. The van der Waals surface area contributed by atoms with E-state index in [0.29, 0.717) is 18.0 Å². The summed E-state index contributed by atoms with van der Waals surface area (Å²) in [6, 6.07) is 10.7. The fourth-order valence-electron chi connectivity index (χ4n) is 2.15. The zero-order valence-corrected chi connectivity index (χ0v) is 12.6. The number of hydrogen-bond acceptors (Lipinski definition) is 3. The standard InChI is InChI=1S/C16H20FNOS/c1-12(16-7-4-10-20-16)18(2)9-8-15(19)13-5-3-6-14(17)11-13/h3-7,10-12,15,19H,8-9H2,1-2H3. The van der Waals surface area contributed by atoms with Gasteiger partial charge in [0.1, 0.15) is 5.82 Å². The normalized spacial score (nSPS) is 14.4. The molecule has 1 aromatic carbocycles. The Labute approximate surface area is 123 Å². The number of nitrogens with zero attached hydrogens (tertiary/aromatic N) is 1. The van der Waals surface area contributed by atoms with Crippen LogP contribution in [-0.2, 0) is 0 Å². The summed E-state index contributed by atoms with van der Waals surface area (Å²) in [6.45, 7) is 2.91. The van der Waals surface area contributed by atoms with Crippen LogP contribution in [0.4, 0.5) is 4.39 Å². The van der Waals surface area contributed by atoms with Gasteiger partial charge in [-0.3, -0.25) is 4.90 Å². The molecule has 0 radical (unpaired) electrons. The minimum absolute atomic E-state index is 0.304. The lowest BCUT2D eigenvalue weighted by atomic mass is 10.1. The van der Waals surface area contributed by atoms with Gasteiger partial charge in [-0.15, -0.1) is 11.3 Å². The minimum Gasteiger partial charge on any atom is -0.388 e. The van der Waals surface area contributed by atoms with E-state index in [0.717, 1.165) is 6.54 Å². The van der Waals surface area contributed by atoms with Crippen LogP contribution in [0.1, 0.15) is 35.9 Å². The summed E-state index contributed by atoms with van der Waals surface area (Å²) in [5.74, 6) is -0.304. The molecule has 0 saturated heterocycles. The van der Waals surface area contributed by atoms with Crippen molar-refractivity contribution in [2.45, 2.75) is 25.5 Å². The molecule has 0 bridgehead atoms. The summed E-state index contributed by atoms with van der Waals surface area (Å²) in [5, 5.41) is 12.2. The van der Waals surface area contributed by atoms with Crippen LogP contribution in [-0.4, -0.2) is 23.6 Å². The Bertz CT molecular complexity index is 529. The van der Waals surface area contributed by atoms with Gasteiger partial charge in [-0.1, -0.05) is 18.2 Å². The highest BCUT2D eigenvalue weighted by Gasteiger charge is 2.15. The molecule has 20 heavy (non-hydrogen) atoms. The molecule has 0 spiro atoms. The second-order valence-electron chi connectivity index (χ2n) is 5.03. The Kier molecular flexibility index (Phi) is 5.29. The number of aliphatic hydroxyl groups excluding tert-OH is 1. The molecule has 2 nitrogen and oxygen atoms in total. The van der Waals surface area contributed by atoms with Crippen molar-refractivity contribution in [3.05, 3.63) is 58.0 Å². The Hall–Kier alpha value is -1.23. The molecule has 108 valence electrons. The van der Waals surface area contributed by atoms with Gasteiger partial charge < -0.3 is 5.11 Å². The molecule has 2 unspecified atom stereocenters. The van der Waals surface area contributed by atoms with E-state index in [1.165, 1.54) is 17.0 Å². The molecule has 0 amide bonds. The molecule has 4 heteroatoms. The van der Waals surface area contributed by atoms with Crippen LogP contribution in [0, 0.1) is 5.82 Å². The van der Waals surface area contributed by atoms with E-state index in [9.17, 15) is 9.50 Å². The first-order valence-electron chi connectivity index (χ1n) is 6.75. The summed E-state index contributed by atoms with van der Waals surface area (Å²) >= 11 is 1.74. The Morgan fingerprint density at radius 2 is 2.10 bits per heavy atom. The van der Waals surface area contributed by atoms with Gasteiger partial charge in [-0.05, 0) is 49.5 Å². The maximum Gasteiger partial charge on any atom is 0.123 e. The van der Waals surface area contributed by atoms with Crippen LogP contribution < -0.4 is 0 Å². The van der Waals surface area contributed by atoms with Gasteiger partial charge in [0.15, 0.2) is 0 Å². The molecule has 2 rings (SSSR count). The van der Waals surface area contributed by atoms with Crippen molar-refractivity contribution in [1.29, 1.82) is 0 Å². The van der Waals surface area contributed by atoms with E-state index >= 15 is 0 Å². The zero-order chi connectivity index (χ0) is 14.5. The van der Waals surface area contributed by atoms with Crippen molar-refractivity contribution in [1.82, 2.24) is 4.90 Å². The van der Waals surface area contributed by atoms with Gasteiger partial charge in [0, 0.05) is 17.5 Å². The van der Waals surface area contributed by atoms with Gasteiger partial charge in [0.05, 0.1) is 6.10 Å². The van der Waals surface area contributed by atoms with Crippen LogP contribution in [0.2, 0.25) is 0 Å². The van der Waals surface area contributed by atoms with Crippen LogP contribution in [0.3, 0.4) is 0 Å². The first-order valence-corrected chi connectivity index (χ1v) is 7.63. The van der Waals surface area contributed by atoms with Crippen molar-refractivity contribution in [2.24, 2.45) is 0 Å². The zero-order valence-electron chi connectivity index (χ0n) is 11.8. The highest BCUT2D eigenvalue weighted by atomic mass is 32.1. The molecule has 0 aliphatic carbocycles. The van der Waals surface area contributed by atoms with E-state index in [1.807, 2.05) is 13.1 Å². The minimum atomic E-state index is -0.622. The van der Waals surface area contributed by atoms with Crippen molar-refractivity contribution in [3.63, 3.8) is 0 Å². The number of rotatable bonds is 6. The average molecular weight is 293 g/mol. The fraction of sp³-hybridized carbons (Fsp3) is 0.375. The highest BCUT2D eigenvalue weighted by Crippen LogP contribution is 2.25. The second kappa shape index (κ2) is 6.97. The van der Waals surface area contributed by atoms with Crippen molar-refractivity contribution in [3.8, 4) is 0 Å². The molecular weight excluding hydrogens is 273 g/mol. The molecule has 0 saturated carbocycles. The van der Waals surface area contributed by atoms with Crippen molar-refractivity contribution >= 4 is 11.3 Å². The number of thiophene rings is 1. The van der Waals surface area contributed by atoms with E-state index in [4.69, 9.17) is 0 Å². The molecule has 2 aromatic rings. The Morgan fingerprint density at radius 3 is 2.75 bits per heavy atom. The monoisotopic (exact) mass is 293 g/mol. The maximum atomic E-state index is 13.1. The van der Waals surface area contributed by atoms with E-state index in [2.05, 4.69) is 23.3 Å². The number of aliphatic hydroxyl groups is 1. The quantitative estimate of drug-likeness (QED) is 0.870. The maximum absolute atomic E-state index is 13.1. The highest BCUT2D eigenvalue weighted by molar-refractivity contribution is 7.10. The molecule has 0 aliphatic rings. The molecule has 1 N–H and O–H groups in total. The largest absolute Gasteiger partial charge is 0.388 e. The summed E-state index contributed by atoms with van der Waals surface area (Å²) in [6.07, 6.45) is -0.0287. The lowest BCUT2D eigenvalue weighted by Gasteiger charge is -2.25. The summed E-state index contributed by atoms with van der Waals surface area (Å²) in [5.41, 5.74) is 0.641. The molecular formula is C16H20FNOS. The lowest BCUT2D eigenvalue weighted by Crippen LogP contribution is -2.24. The third-order valence-corrected chi connectivity index (χ3v) is 4.65. The number of halogens is 1. The molecule has 2 atom stereocenters. The average Bonchev–Trinajstić information content (AvgIpc) is 2.97. The van der Waals surface area contributed by atoms with Crippen LogP contribution in [0.15, 0.2) is 41.8 Å². The fourth-order valence-corrected chi connectivity index (χ4v) is 2.99. The molecule has 0 fully saturated rings. The molecule has 1 heterocycles. The third-order valence-electron chi connectivity index (χ3n) is 3.60. The van der Waals surface area contributed by atoms with Crippen molar-refractivity contribution in [2.75, 3.05) is 13.6 Å². The van der Waals surface area contributed by atoms with Crippen LogP contribution in [0.5, 0.6) is 0 Å². The van der Waals surface area contributed by atoms with Gasteiger partial charge in [-0.25, -0.2) is 4.39 Å². The van der Waals surface area contributed by atoms with Crippen LogP contribution in [0.25, 0.3) is 0 Å². The van der Waals surface area contributed by atoms with Gasteiger partial charge in [-0.2, -0.15) is 0 Å². The summed E-state index contributed by atoms with van der Waals surface area (Å²) in [7, 11) is 2.04. The first-order chi connectivity index (χ1) is 9.58. The Morgan fingerprint density at radius 1 is 1.30 bits per heavy atom. The predicted molar refractivity (Wildman–Crippen MR) is 81.3 cm³/mol. The van der Waals surface area contributed by atoms with Crippen LogP contribution >= 0.6 is 11.3 Å². The SMILES string of the molecule is CC(c1cccs1)N(C)CCC(O)c1cccc(F)c1. The third kappa shape index (κ3) is 3.88. The number of benzene rings is 1. The predicted octanol–water partition coefficient (Wildman–Crippen LogP) is 4.00. The summed E-state index contributed by atoms with van der Waals surface area (Å²) < 4.78 is 13.1. The first kappa shape index (κ1) is 15.2. The molecule has 1 aromatic heterocycles. The van der Waals surface area contributed by atoms with E-state index in [-0.39, 0.29) is 5.82 Å². The smallest absolute Gasteiger partial charge is 0.123 e. The van der Waals surface area contributed by atoms with E-state index < -0.39 is 6.10 Å². The van der Waals surface area contributed by atoms with Gasteiger partial charge in [0.2, 0.25) is 0 Å². The summed E-state index contributed by atoms with van der Waals surface area (Å²) in [4.78, 5) is 3.52. The number of hydrogen-bond donors (Lipinski definition) is 1. The Balaban J connectivity index is 1.88. The van der Waals surface area contributed by atoms with E-state index in [1.54, 1.807) is 23.5 Å². The second-order valence-corrected chi connectivity index (χ2v) is 6.01. The topological polar surface area (TPSA) is 23.5 Å². The molecule has 0 aliphatic heterocycles. The van der Waals surface area contributed by atoms with Gasteiger partial charge in [0.25, 0.3) is 0 Å².